The smallest absolute Gasteiger partial charge is 0.328 e. The Hall–Kier alpha value is -3.20. The molecule has 0 saturated heterocycles. The van der Waals surface area contributed by atoms with Crippen molar-refractivity contribution in [2.24, 2.45) is 5.92 Å². The lowest BCUT2D eigenvalue weighted by Gasteiger charge is -2.19. The Balaban J connectivity index is 1.47. The van der Waals surface area contributed by atoms with Gasteiger partial charge in [0.05, 0.1) is 34.2 Å². The third-order valence-electron chi connectivity index (χ3n) is 5.73. The van der Waals surface area contributed by atoms with E-state index in [-0.39, 0.29) is 12.1 Å². The molecule has 1 aliphatic rings. The zero-order valence-corrected chi connectivity index (χ0v) is 21.5. The standard InChI is InChI=1S/C26H27BrN4O4/c1-26(2,3)35-24(32)14-31-25(33)19-7-5-4-6-18(19)22(29-31)13-30-12-17-10-23(34-15-16-8-9-16)20(27)11-21(17)28-30/h4-7,10-12,16H,8-9,13-15H2,1-3H3. The van der Waals surface area contributed by atoms with Gasteiger partial charge in [-0.2, -0.15) is 10.2 Å². The molecule has 4 aromatic rings. The van der Waals surface area contributed by atoms with Crippen LogP contribution in [0.4, 0.5) is 0 Å². The SMILES string of the molecule is CC(C)(C)OC(=O)Cn1nc(Cn2cc3cc(OCC4CC4)c(Br)cc3n2)c2ccccc2c1=O. The van der Waals surface area contributed by atoms with Crippen molar-refractivity contribution in [2.45, 2.75) is 52.3 Å². The summed E-state index contributed by atoms with van der Waals surface area (Å²) < 4.78 is 15.2. The van der Waals surface area contributed by atoms with Crippen LogP contribution in [0.2, 0.25) is 0 Å². The van der Waals surface area contributed by atoms with Gasteiger partial charge in [0, 0.05) is 17.0 Å². The zero-order valence-electron chi connectivity index (χ0n) is 20.0. The van der Waals surface area contributed by atoms with E-state index in [0.717, 1.165) is 33.1 Å². The number of benzene rings is 2. The molecule has 0 bridgehead atoms. The number of hydrogen-bond acceptors (Lipinski definition) is 6. The molecule has 1 saturated carbocycles. The summed E-state index contributed by atoms with van der Waals surface area (Å²) in [5, 5.41) is 11.4. The lowest BCUT2D eigenvalue weighted by Crippen LogP contribution is -2.32. The van der Waals surface area contributed by atoms with Crippen LogP contribution in [0, 0.1) is 5.92 Å². The van der Waals surface area contributed by atoms with E-state index < -0.39 is 11.6 Å². The number of fused-ring (bicyclic) bond motifs is 2. The topological polar surface area (TPSA) is 88.2 Å². The van der Waals surface area contributed by atoms with Crippen molar-refractivity contribution in [1.29, 1.82) is 0 Å². The highest BCUT2D eigenvalue weighted by atomic mass is 79.9. The van der Waals surface area contributed by atoms with Gasteiger partial charge in [0.2, 0.25) is 0 Å². The molecule has 0 spiro atoms. The predicted octanol–water partition coefficient (Wildman–Crippen LogP) is 4.69. The van der Waals surface area contributed by atoms with E-state index in [0.29, 0.717) is 23.5 Å². The molecule has 35 heavy (non-hydrogen) atoms. The van der Waals surface area contributed by atoms with E-state index in [9.17, 15) is 9.59 Å². The first-order chi connectivity index (χ1) is 16.7. The predicted molar refractivity (Wildman–Crippen MR) is 137 cm³/mol. The average molecular weight is 539 g/mol. The first-order valence-corrected chi connectivity index (χ1v) is 12.5. The normalized spacial score (nSPS) is 13.9. The third kappa shape index (κ3) is 5.40. The van der Waals surface area contributed by atoms with Gasteiger partial charge in [-0.15, -0.1) is 0 Å². The van der Waals surface area contributed by atoms with Crippen molar-refractivity contribution in [3.05, 3.63) is 63.1 Å². The number of halogens is 1. The minimum absolute atomic E-state index is 0.260. The molecule has 0 amide bonds. The van der Waals surface area contributed by atoms with E-state index in [1.165, 1.54) is 17.5 Å². The summed E-state index contributed by atoms with van der Waals surface area (Å²) in [7, 11) is 0. The molecule has 0 aliphatic heterocycles. The van der Waals surface area contributed by atoms with E-state index >= 15 is 0 Å². The molecule has 0 N–H and O–H groups in total. The zero-order chi connectivity index (χ0) is 24.7. The quantitative estimate of drug-likeness (QED) is 0.317. The summed E-state index contributed by atoms with van der Waals surface area (Å²) in [4.78, 5) is 25.4. The number of hydrogen-bond donors (Lipinski definition) is 0. The Morgan fingerprint density at radius 1 is 1.14 bits per heavy atom. The van der Waals surface area contributed by atoms with Crippen LogP contribution in [0.25, 0.3) is 21.7 Å². The number of nitrogens with zero attached hydrogens (tertiary/aromatic N) is 4. The van der Waals surface area contributed by atoms with Gasteiger partial charge in [-0.1, -0.05) is 18.2 Å². The highest BCUT2D eigenvalue weighted by molar-refractivity contribution is 9.10. The fourth-order valence-electron chi connectivity index (χ4n) is 3.94. The summed E-state index contributed by atoms with van der Waals surface area (Å²) in [5.41, 5.74) is 0.482. The molecular formula is C26H27BrN4O4. The molecule has 9 heteroatoms. The number of ether oxygens (including phenoxy) is 2. The Bertz CT molecular complexity index is 1480. The van der Waals surface area contributed by atoms with Crippen LogP contribution in [-0.4, -0.2) is 37.7 Å². The van der Waals surface area contributed by atoms with Gasteiger partial charge in [-0.05, 0) is 73.7 Å². The average Bonchev–Trinajstić information content (AvgIpc) is 3.53. The number of carbonyl (C=O) groups is 1. The number of rotatable bonds is 7. The van der Waals surface area contributed by atoms with Crippen LogP contribution in [0.15, 0.2) is 51.9 Å². The van der Waals surface area contributed by atoms with Crippen LogP contribution in [0.3, 0.4) is 0 Å². The lowest BCUT2D eigenvalue weighted by molar-refractivity contribution is -0.155. The first kappa shape index (κ1) is 23.5. The van der Waals surface area contributed by atoms with Gasteiger partial charge in [-0.25, -0.2) is 4.68 Å². The summed E-state index contributed by atoms with van der Waals surface area (Å²) in [5.74, 6) is 0.955. The molecule has 0 radical (unpaired) electrons. The lowest BCUT2D eigenvalue weighted by atomic mass is 10.1. The Morgan fingerprint density at radius 2 is 1.89 bits per heavy atom. The van der Waals surface area contributed by atoms with Crippen molar-refractivity contribution in [3.8, 4) is 5.75 Å². The molecule has 8 nitrogen and oxygen atoms in total. The summed E-state index contributed by atoms with van der Waals surface area (Å²) >= 11 is 3.59. The van der Waals surface area contributed by atoms with Gasteiger partial charge in [-0.3, -0.25) is 14.3 Å². The minimum atomic E-state index is -0.648. The molecular weight excluding hydrogens is 512 g/mol. The van der Waals surface area contributed by atoms with E-state index in [1.54, 1.807) is 37.6 Å². The fraction of sp³-hybridized carbons (Fsp3) is 0.385. The van der Waals surface area contributed by atoms with E-state index in [1.807, 2.05) is 30.5 Å². The molecule has 0 atom stereocenters. The summed E-state index contributed by atoms with van der Waals surface area (Å²) in [6.45, 7) is 6.17. The highest BCUT2D eigenvalue weighted by Gasteiger charge is 2.23. The highest BCUT2D eigenvalue weighted by Crippen LogP contribution is 2.34. The van der Waals surface area contributed by atoms with Crippen molar-refractivity contribution in [3.63, 3.8) is 0 Å². The van der Waals surface area contributed by atoms with Crippen molar-refractivity contribution in [1.82, 2.24) is 19.6 Å². The Morgan fingerprint density at radius 3 is 2.60 bits per heavy atom. The Labute approximate surface area is 211 Å². The van der Waals surface area contributed by atoms with Crippen LogP contribution in [0.1, 0.15) is 39.3 Å². The van der Waals surface area contributed by atoms with Gasteiger partial charge < -0.3 is 9.47 Å². The number of carbonyl (C=O) groups excluding carboxylic acids is 1. The first-order valence-electron chi connectivity index (χ1n) is 11.7. The second kappa shape index (κ2) is 9.11. The van der Waals surface area contributed by atoms with Crippen LogP contribution in [0.5, 0.6) is 5.75 Å². The number of aromatic nitrogens is 4. The number of esters is 1. The fourth-order valence-corrected chi connectivity index (χ4v) is 4.38. The maximum atomic E-state index is 13.0. The van der Waals surface area contributed by atoms with E-state index in [4.69, 9.17) is 14.6 Å². The molecule has 2 aromatic heterocycles. The van der Waals surface area contributed by atoms with Crippen molar-refractivity contribution < 1.29 is 14.3 Å². The van der Waals surface area contributed by atoms with Crippen LogP contribution >= 0.6 is 15.9 Å². The molecule has 1 aliphatic carbocycles. The van der Waals surface area contributed by atoms with Crippen LogP contribution in [-0.2, 0) is 22.6 Å². The molecule has 5 rings (SSSR count). The molecule has 0 unspecified atom stereocenters. The van der Waals surface area contributed by atoms with Gasteiger partial charge in [0.15, 0.2) is 0 Å². The second-order valence-corrected chi connectivity index (χ2v) is 10.8. The Kier molecular flexibility index (Phi) is 6.13. The molecule has 182 valence electrons. The second-order valence-electron chi connectivity index (χ2n) is 9.96. The van der Waals surface area contributed by atoms with Gasteiger partial charge >= 0.3 is 5.97 Å². The molecule has 2 aromatic carbocycles. The van der Waals surface area contributed by atoms with Crippen molar-refractivity contribution >= 4 is 43.6 Å². The largest absolute Gasteiger partial charge is 0.492 e. The van der Waals surface area contributed by atoms with Gasteiger partial charge in [0.1, 0.15) is 17.9 Å². The minimum Gasteiger partial charge on any atom is -0.492 e. The van der Waals surface area contributed by atoms with E-state index in [2.05, 4.69) is 21.0 Å². The summed E-state index contributed by atoms with van der Waals surface area (Å²) in [6.07, 6.45) is 4.40. The molecule has 1 fully saturated rings. The summed E-state index contributed by atoms with van der Waals surface area (Å²) in [6, 6.07) is 11.2. The van der Waals surface area contributed by atoms with Gasteiger partial charge in [0.25, 0.3) is 5.56 Å². The maximum Gasteiger partial charge on any atom is 0.328 e. The monoisotopic (exact) mass is 538 g/mol. The third-order valence-corrected chi connectivity index (χ3v) is 6.35. The van der Waals surface area contributed by atoms with Crippen LogP contribution < -0.4 is 10.3 Å². The maximum absolute atomic E-state index is 13.0. The molecule has 2 heterocycles. The van der Waals surface area contributed by atoms with Crippen molar-refractivity contribution in [2.75, 3.05) is 6.61 Å².